The summed E-state index contributed by atoms with van der Waals surface area (Å²) in [7, 11) is 0. The molecule has 0 spiro atoms. The van der Waals surface area contributed by atoms with E-state index in [2.05, 4.69) is 39.3 Å². The Morgan fingerprint density at radius 1 is 0.912 bits per heavy atom. The van der Waals surface area contributed by atoms with Gasteiger partial charge in [0.25, 0.3) is 5.91 Å². The van der Waals surface area contributed by atoms with Crippen molar-refractivity contribution in [2.75, 3.05) is 0 Å². The second kappa shape index (κ2) is 8.94. The highest BCUT2D eigenvalue weighted by Crippen LogP contribution is 2.27. The molecule has 0 fully saturated rings. The lowest BCUT2D eigenvalue weighted by atomic mass is 10.0. The van der Waals surface area contributed by atoms with Crippen LogP contribution in [0.5, 0.6) is 0 Å². The van der Waals surface area contributed by atoms with Crippen LogP contribution in [-0.2, 0) is 0 Å². The van der Waals surface area contributed by atoms with Crippen LogP contribution in [0, 0.1) is 12.8 Å². The number of hydrogen-bond acceptors (Lipinski definition) is 5. The first-order valence-electron chi connectivity index (χ1n) is 11.2. The number of aryl methyl sites for hydroxylation is 1. The van der Waals surface area contributed by atoms with E-state index < -0.39 is 0 Å². The number of carbonyl (C=O) groups is 1. The van der Waals surface area contributed by atoms with Crippen LogP contribution in [0.1, 0.15) is 41.6 Å². The van der Waals surface area contributed by atoms with Crippen LogP contribution in [-0.4, -0.2) is 26.1 Å². The summed E-state index contributed by atoms with van der Waals surface area (Å²) in [6, 6.07) is 22.6. The highest BCUT2D eigenvalue weighted by atomic mass is 16.4. The Bertz CT molecular complexity index is 1420. The number of aromatic nitrogens is 4. The molecule has 0 bridgehead atoms. The van der Waals surface area contributed by atoms with Gasteiger partial charge in [-0.2, -0.15) is 0 Å². The van der Waals surface area contributed by atoms with Crippen molar-refractivity contribution in [2.45, 2.75) is 26.8 Å². The number of hydrogen-bond donors (Lipinski definition) is 2. The molecule has 1 unspecified atom stereocenters. The van der Waals surface area contributed by atoms with Crippen LogP contribution < -0.4 is 5.32 Å². The van der Waals surface area contributed by atoms with Gasteiger partial charge in [0.05, 0.1) is 17.1 Å². The second-order valence-corrected chi connectivity index (χ2v) is 8.64. The highest BCUT2D eigenvalue weighted by molar-refractivity contribution is 5.94. The molecule has 0 saturated heterocycles. The monoisotopic (exact) mass is 451 g/mol. The summed E-state index contributed by atoms with van der Waals surface area (Å²) in [6.07, 6.45) is 0. The summed E-state index contributed by atoms with van der Waals surface area (Å²) in [4.78, 5) is 21.0. The molecule has 0 aliphatic heterocycles. The molecular weight excluding hydrogens is 426 g/mol. The van der Waals surface area contributed by atoms with Gasteiger partial charge in [0.15, 0.2) is 0 Å². The summed E-state index contributed by atoms with van der Waals surface area (Å²) >= 11 is 0. The molecule has 2 N–H and O–H groups in total. The third kappa shape index (κ3) is 4.20. The molecule has 7 nitrogen and oxygen atoms in total. The van der Waals surface area contributed by atoms with Crippen LogP contribution in [0.4, 0.5) is 0 Å². The Balaban J connectivity index is 1.34. The minimum atomic E-state index is -0.243. The predicted molar refractivity (Wildman–Crippen MR) is 131 cm³/mol. The van der Waals surface area contributed by atoms with Crippen molar-refractivity contribution < 1.29 is 9.21 Å². The Hall–Kier alpha value is -4.26. The molecule has 1 atom stereocenters. The number of aromatic amines is 1. The van der Waals surface area contributed by atoms with Gasteiger partial charge in [-0.25, -0.2) is 4.98 Å². The first-order chi connectivity index (χ1) is 16.5. The van der Waals surface area contributed by atoms with Gasteiger partial charge in [-0.3, -0.25) is 4.79 Å². The Labute approximate surface area is 197 Å². The number of benzene rings is 3. The number of para-hydroxylation sites is 2. The number of amides is 1. The van der Waals surface area contributed by atoms with Gasteiger partial charge in [0.1, 0.15) is 5.82 Å². The summed E-state index contributed by atoms with van der Waals surface area (Å²) in [6.45, 7) is 6.12. The zero-order valence-corrected chi connectivity index (χ0v) is 19.2. The Morgan fingerprint density at radius 2 is 1.62 bits per heavy atom. The molecule has 0 aliphatic carbocycles. The molecule has 0 aliphatic rings. The van der Waals surface area contributed by atoms with Gasteiger partial charge in [0.2, 0.25) is 11.8 Å². The number of imidazole rings is 1. The summed E-state index contributed by atoms with van der Waals surface area (Å²) in [5.74, 6) is 1.61. The van der Waals surface area contributed by atoms with Crippen LogP contribution in [0.15, 0.2) is 77.2 Å². The lowest BCUT2D eigenvalue weighted by molar-refractivity contribution is 0.0923. The maximum atomic E-state index is 13.0. The average Bonchev–Trinajstić information content (AvgIpc) is 3.50. The number of nitrogens with one attached hydrogen (secondary N) is 2. The van der Waals surface area contributed by atoms with E-state index in [0.717, 1.165) is 33.5 Å². The van der Waals surface area contributed by atoms with E-state index in [1.165, 1.54) is 0 Å². The van der Waals surface area contributed by atoms with Gasteiger partial charge < -0.3 is 14.7 Å². The zero-order valence-electron chi connectivity index (χ0n) is 19.2. The largest absolute Gasteiger partial charge is 0.416 e. The molecule has 3 aromatic carbocycles. The summed E-state index contributed by atoms with van der Waals surface area (Å²) < 4.78 is 5.88. The molecule has 170 valence electrons. The third-order valence-electron chi connectivity index (χ3n) is 5.85. The van der Waals surface area contributed by atoms with Gasteiger partial charge in [-0.1, -0.05) is 44.2 Å². The SMILES string of the molecule is Cc1ccccc1-c1nnc(-c2ccc(C(=O)NC(c3nc4ccccc4[nH]3)C(C)C)cc2)o1. The van der Waals surface area contributed by atoms with Crippen molar-refractivity contribution in [3.63, 3.8) is 0 Å². The van der Waals surface area contributed by atoms with Crippen molar-refractivity contribution in [3.8, 4) is 22.9 Å². The minimum Gasteiger partial charge on any atom is -0.416 e. The summed E-state index contributed by atoms with van der Waals surface area (Å²) in [5, 5.41) is 11.5. The van der Waals surface area contributed by atoms with Crippen molar-refractivity contribution in [2.24, 2.45) is 5.92 Å². The third-order valence-corrected chi connectivity index (χ3v) is 5.85. The zero-order chi connectivity index (χ0) is 23.7. The first kappa shape index (κ1) is 21.6. The lowest BCUT2D eigenvalue weighted by Gasteiger charge is -2.20. The van der Waals surface area contributed by atoms with Crippen LogP contribution in [0.25, 0.3) is 33.9 Å². The van der Waals surface area contributed by atoms with Crippen LogP contribution in [0.3, 0.4) is 0 Å². The predicted octanol–water partition coefficient (Wildman–Crippen LogP) is 5.72. The van der Waals surface area contributed by atoms with E-state index in [1.807, 2.05) is 67.6 Å². The molecule has 7 heteroatoms. The fraction of sp³-hybridized carbons (Fsp3) is 0.185. The minimum absolute atomic E-state index is 0.155. The summed E-state index contributed by atoms with van der Waals surface area (Å²) in [5.41, 5.74) is 5.10. The Kier molecular flexibility index (Phi) is 5.67. The number of fused-ring (bicyclic) bond motifs is 1. The average molecular weight is 452 g/mol. The van der Waals surface area contributed by atoms with E-state index in [-0.39, 0.29) is 17.9 Å². The van der Waals surface area contributed by atoms with Crippen LogP contribution in [0.2, 0.25) is 0 Å². The highest BCUT2D eigenvalue weighted by Gasteiger charge is 2.22. The quantitative estimate of drug-likeness (QED) is 0.344. The van der Waals surface area contributed by atoms with Crippen molar-refractivity contribution in [1.82, 2.24) is 25.5 Å². The van der Waals surface area contributed by atoms with Crippen LogP contribution >= 0.6 is 0 Å². The molecular formula is C27H25N5O2. The number of nitrogens with zero attached hydrogens (tertiary/aromatic N) is 3. The van der Waals surface area contributed by atoms with Crippen molar-refractivity contribution >= 4 is 16.9 Å². The van der Waals surface area contributed by atoms with Gasteiger partial charge in [-0.15, -0.1) is 10.2 Å². The smallest absolute Gasteiger partial charge is 0.251 e. The van der Waals surface area contributed by atoms with Gasteiger partial charge in [0, 0.05) is 16.7 Å². The standard InChI is InChI=1S/C27H25N5O2/c1-16(2)23(24-28-21-10-6-7-11-22(21)29-24)30-25(33)18-12-14-19(15-13-18)26-31-32-27(34-26)20-9-5-4-8-17(20)3/h4-16,23H,1-3H3,(H,28,29)(H,30,33). The lowest BCUT2D eigenvalue weighted by Crippen LogP contribution is -2.32. The molecule has 5 aromatic rings. The van der Waals surface area contributed by atoms with E-state index in [0.29, 0.717) is 17.3 Å². The molecule has 2 heterocycles. The molecule has 1 amide bonds. The molecule has 2 aromatic heterocycles. The fourth-order valence-electron chi connectivity index (χ4n) is 3.92. The van der Waals surface area contributed by atoms with E-state index in [4.69, 9.17) is 4.42 Å². The van der Waals surface area contributed by atoms with Crippen molar-refractivity contribution in [3.05, 3.63) is 89.7 Å². The molecule has 5 rings (SSSR count). The fourth-order valence-corrected chi connectivity index (χ4v) is 3.92. The van der Waals surface area contributed by atoms with E-state index in [9.17, 15) is 4.79 Å². The number of rotatable bonds is 6. The van der Waals surface area contributed by atoms with Gasteiger partial charge in [-0.05, 0) is 60.9 Å². The molecule has 34 heavy (non-hydrogen) atoms. The Morgan fingerprint density at radius 3 is 2.35 bits per heavy atom. The maximum Gasteiger partial charge on any atom is 0.251 e. The van der Waals surface area contributed by atoms with E-state index >= 15 is 0 Å². The maximum absolute atomic E-state index is 13.0. The van der Waals surface area contributed by atoms with Gasteiger partial charge >= 0.3 is 0 Å². The van der Waals surface area contributed by atoms with E-state index in [1.54, 1.807) is 12.1 Å². The second-order valence-electron chi connectivity index (χ2n) is 8.64. The molecule has 0 saturated carbocycles. The van der Waals surface area contributed by atoms with Crippen molar-refractivity contribution in [1.29, 1.82) is 0 Å². The normalized spacial score (nSPS) is 12.2. The number of H-pyrrole nitrogens is 1. The number of carbonyl (C=O) groups excluding carboxylic acids is 1. The first-order valence-corrected chi connectivity index (χ1v) is 11.2. The molecule has 0 radical (unpaired) electrons. The topological polar surface area (TPSA) is 96.7 Å².